The van der Waals surface area contributed by atoms with Crippen LogP contribution < -0.4 is 10.6 Å². The van der Waals surface area contributed by atoms with Gasteiger partial charge in [-0.2, -0.15) is 13.2 Å². The van der Waals surface area contributed by atoms with Gasteiger partial charge in [-0.1, -0.05) is 71.7 Å². The van der Waals surface area contributed by atoms with Crippen LogP contribution in [-0.4, -0.2) is 11.8 Å². The summed E-state index contributed by atoms with van der Waals surface area (Å²) in [6, 6.07) is 24.8. The van der Waals surface area contributed by atoms with Crippen LogP contribution in [0.4, 0.5) is 24.5 Å². The third-order valence-corrected chi connectivity index (χ3v) is 7.15. The Morgan fingerprint density at radius 1 is 0.789 bits per heavy atom. The lowest BCUT2D eigenvalue weighted by atomic mass is 10.1. The highest BCUT2D eigenvalue weighted by atomic mass is 35.5. The second kappa shape index (κ2) is 11.9. The van der Waals surface area contributed by atoms with E-state index in [0.29, 0.717) is 21.2 Å². The van der Waals surface area contributed by atoms with Crippen LogP contribution in [0.5, 0.6) is 0 Å². The summed E-state index contributed by atoms with van der Waals surface area (Å²) in [5.74, 6) is -1.07. The van der Waals surface area contributed by atoms with E-state index in [1.165, 1.54) is 30.3 Å². The van der Waals surface area contributed by atoms with Crippen LogP contribution in [0.2, 0.25) is 10.0 Å². The van der Waals surface area contributed by atoms with Crippen LogP contribution in [0.15, 0.2) is 102 Å². The van der Waals surface area contributed by atoms with E-state index in [9.17, 15) is 22.8 Å². The first kappa shape index (κ1) is 27.6. The highest BCUT2D eigenvalue weighted by Gasteiger charge is 2.34. The maximum absolute atomic E-state index is 13.5. The highest BCUT2D eigenvalue weighted by Crippen LogP contribution is 2.39. The molecule has 0 bridgehead atoms. The number of carbonyl (C=O) groups is 2. The van der Waals surface area contributed by atoms with Crippen molar-refractivity contribution in [3.8, 4) is 0 Å². The van der Waals surface area contributed by atoms with Crippen molar-refractivity contribution in [2.24, 2.45) is 0 Å². The number of thioether (sulfide) groups is 1. The molecule has 0 aromatic heterocycles. The molecule has 4 aromatic carbocycles. The zero-order chi connectivity index (χ0) is 27.3. The van der Waals surface area contributed by atoms with E-state index >= 15 is 0 Å². The largest absolute Gasteiger partial charge is 0.418 e. The second-order valence-corrected chi connectivity index (χ2v) is 10.1. The number of nitrogens with one attached hydrogen (secondary N) is 2. The zero-order valence-corrected chi connectivity index (χ0v) is 21.8. The van der Waals surface area contributed by atoms with Gasteiger partial charge >= 0.3 is 6.18 Å². The van der Waals surface area contributed by atoms with Crippen LogP contribution in [0.1, 0.15) is 26.7 Å². The number of amides is 2. The molecule has 2 N–H and O–H groups in total. The number of para-hydroxylation sites is 1. The van der Waals surface area contributed by atoms with Gasteiger partial charge in [0.1, 0.15) is 5.25 Å². The lowest BCUT2D eigenvalue weighted by molar-refractivity contribution is -0.137. The third-order valence-electron chi connectivity index (χ3n) is 5.35. The predicted molar refractivity (Wildman–Crippen MR) is 146 cm³/mol. The number of carbonyl (C=O) groups excluding carboxylic acids is 2. The molecule has 0 spiro atoms. The van der Waals surface area contributed by atoms with Gasteiger partial charge in [0.25, 0.3) is 5.91 Å². The lowest BCUT2D eigenvalue weighted by Crippen LogP contribution is -2.21. The van der Waals surface area contributed by atoms with Gasteiger partial charge < -0.3 is 10.6 Å². The lowest BCUT2D eigenvalue weighted by Gasteiger charge is -2.19. The SMILES string of the molecule is O=C(Nc1cccc(SC(C(=O)Nc2ccccc2C(F)(F)F)c2ccccc2)c1)c1ccc(Cl)cc1Cl. The van der Waals surface area contributed by atoms with Crippen molar-refractivity contribution in [2.75, 3.05) is 10.6 Å². The Hall–Kier alpha value is -3.46. The Morgan fingerprint density at radius 2 is 1.50 bits per heavy atom. The van der Waals surface area contributed by atoms with Gasteiger partial charge in [-0.25, -0.2) is 0 Å². The summed E-state index contributed by atoms with van der Waals surface area (Å²) in [7, 11) is 0. The fraction of sp³-hybridized carbons (Fsp3) is 0.0714. The topological polar surface area (TPSA) is 58.2 Å². The molecule has 38 heavy (non-hydrogen) atoms. The summed E-state index contributed by atoms with van der Waals surface area (Å²) in [5.41, 5.74) is 0.0182. The van der Waals surface area contributed by atoms with E-state index in [1.807, 2.05) is 0 Å². The first-order valence-corrected chi connectivity index (χ1v) is 12.8. The van der Waals surface area contributed by atoms with Crippen LogP contribution >= 0.6 is 35.0 Å². The minimum Gasteiger partial charge on any atom is -0.324 e. The summed E-state index contributed by atoms with van der Waals surface area (Å²) in [6.45, 7) is 0. The molecule has 0 saturated carbocycles. The average Bonchev–Trinajstić information content (AvgIpc) is 2.87. The van der Waals surface area contributed by atoms with E-state index in [4.69, 9.17) is 23.2 Å². The molecule has 4 nitrogen and oxygen atoms in total. The first-order valence-electron chi connectivity index (χ1n) is 11.2. The number of rotatable bonds is 7. The average molecular weight is 575 g/mol. The van der Waals surface area contributed by atoms with E-state index < -0.39 is 28.8 Å². The molecule has 0 aliphatic rings. The third kappa shape index (κ3) is 6.89. The number of benzene rings is 4. The molecule has 0 saturated heterocycles. The van der Waals surface area contributed by atoms with Gasteiger partial charge in [0.05, 0.1) is 21.8 Å². The molecule has 1 unspecified atom stereocenters. The molecule has 4 rings (SSSR count). The normalized spacial score (nSPS) is 12.0. The Balaban J connectivity index is 1.58. The molecule has 2 amide bonds. The number of hydrogen-bond donors (Lipinski definition) is 2. The van der Waals surface area contributed by atoms with Gasteiger partial charge in [-0.15, -0.1) is 11.8 Å². The molecule has 0 heterocycles. The minimum absolute atomic E-state index is 0.195. The van der Waals surface area contributed by atoms with E-state index in [-0.39, 0.29) is 16.3 Å². The molecular weight excluding hydrogens is 556 g/mol. The summed E-state index contributed by atoms with van der Waals surface area (Å²) < 4.78 is 40.4. The smallest absolute Gasteiger partial charge is 0.324 e. The summed E-state index contributed by atoms with van der Waals surface area (Å²) in [5, 5.41) is 4.91. The molecule has 0 aliphatic carbocycles. The number of alkyl halides is 3. The van der Waals surface area contributed by atoms with Crippen LogP contribution in [0.3, 0.4) is 0 Å². The van der Waals surface area contributed by atoms with Gasteiger partial charge in [0.15, 0.2) is 0 Å². The van der Waals surface area contributed by atoms with E-state index in [1.54, 1.807) is 60.7 Å². The Labute approximate surface area is 231 Å². The molecular formula is C28H19Cl2F3N2O2S. The molecule has 10 heteroatoms. The van der Waals surface area contributed by atoms with Crippen molar-refractivity contribution in [2.45, 2.75) is 16.3 Å². The number of anilines is 2. The van der Waals surface area contributed by atoms with E-state index in [0.717, 1.165) is 17.8 Å². The fourth-order valence-electron chi connectivity index (χ4n) is 3.59. The van der Waals surface area contributed by atoms with Crippen LogP contribution in [0.25, 0.3) is 0 Å². The maximum atomic E-state index is 13.5. The number of halogens is 5. The van der Waals surface area contributed by atoms with E-state index in [2.05, 4.69) is 10.6 Å². The van der Waals surface area contributed by atoms with Gasteiger partial charge in [-0.3, -0.25) is 9.59 Å². The first-order chi connectivity index (χ1) is 18.1. The van der Waals surface area contributed by atoms with Crippen molar-refractivity contribution in [1.82, 2.24) is 0 Å². The fourth-order valence-corrected chi connectivity index (χ4v) is 5.17. The van der Waals surface area contributed by atoms with Crippen LogP contribution in [0, 0.1) is 0 Å². The molecule has 0 aliphatic heterocycles. The summed E-state index contributed by atoms with van der Waals surface area (Å²) in [6.07, 6.45) is -4.63. The molecule has 0 radical (unpaired) electrons. The second-order valence-electron chi connectivity index (χ2n) is 8.05. The monoisotopic (exact) mass is 574 g/mol. The predicted octanol–water partition coefficient (Wildman–Crippen LogP) is 8.74. The summed E-state index contributed by atoms with van der Waals surface area (Å²) >= 11 is 13.2. The highest BCUT2D eigenvalue weighted by molar-refractivity contribution is 8.00. The molecule has 0 fully saturated rings. The zero-order valence-electron chi connectivity index (χ0n) is 19.4. The van der Waals surface area contributed by atoms with Crippen molar-refractivity contribution in [3.05, 3.63) is 124 Å². The van der Waals surface area contributed by atoms with Gasteiger partial charge in [-0.05, 0) is 54.1 Å². The Bertz CT molecular complexity index is 1470. The quantitative estimate of drug-likeness (QED) is 0.217. The van der Waals surface area contributed by atoms with Crippen LogP contribution in [-0.2, 0) is 11.0 Å². The Morgan fingerprint density at radius 3 is 2.21 bits per heavy atom. The van der Waals surface area contributed by atoms with Crippen molar-refractivity contribution in [1.29, 1.82) is 0 Å². The summed E-state index contributed by atoms with van der Waals surface area (Å²) in [4.78, 5) is 26.6. The van der Waals surface area contributed by atoms with Gasteiger partial charge in [0, 0.05) is 15.6 Å². The molecule has 194 valence electrons. The molecule has 1 atom stereocenters. The van der Waals surface area contributed by atoms with Crippen molar-refractivity contribution in [3.63, 3.8) is 0 Å². The Kier molecular flexibility index (Phi) is 8.66. The van der Waals surface area contributed by atoms with Gasteiger partial charge in [0.2, 0.25) is 5.91 Å². The number of hydrogen-bond acceptors (Lipinski definition) is 3. The maximum Gasteiger partial charge on any atom is 0.418 e. The standard InChI is InChI=1S/C28H19Cl2F3N2O2S/c29-18-13-14-21(23(30)15-18)26(36)34-19-9-6-10-20(16-19)38-25(17-7-2-1-3-8-17)27(37)35-24-12-5-4-11-22(24)28(31,32)33/h1-16,25H,(H,34,36)(H,35,37). The molecule has 4 aromatic rings. The van der Waals surface area contributed by atoms with Crippen molar-refractivity contribution < 1.29 is 22.8 Å². The van der Waals surface area contributed by atoms with Crippen molar-refractivity contribution >= 4 is 58.2 Å². The minimum atomic E-state index is -4.63.